The number of nitrogens with zero attached hydrogens (tertiary/aromatic N) is 1. The van der Waals surface area contributed by atoms with E-state index in [2.05, 4.69) is 24.5 Å². The highest BCUT2D eigenvalue weighted by atomic mass is 16.2. The second kappa shape index (κ2) is 6.60. The summed E-state index contributed by atoms with van der Waals surface area (Å²) >= 11 is 0. The van der Waals surface area contributed by atoms with E-state index in [1.54, 1.807) is 18.2 Å². The maximum absolute atomic E-state index is 12.4. The minimum atomic E-state index is -0.0804. The van der Waals surface area contributed by atoms with Gasteiger partial charge in [0.1, 0.15) is 0 Å². The van der Waals surface area contributed by atoms with Crippen molar-refractivity contribution in [2.45, 2.75) is 39.2 Å². The predicted octanol–water partition coefficient (Wildman–Crippen LogP) is 3.09. The summed E-state index contributed by atoms with van der Waals surface area (Å²) in [4.78, 5) is 26.4. The first-order valence-corrected chi connectivity index (χ1v) is 8.48. The van der Waals surface area contributed by atoms with Gasteiger partial charge in [-0.15, -0.1) is 0 Å². The predicted molar refractivity (Wildman–Crippen MR) is 90.5 cm³/mol. The number of urea groups is 1. The summed E-state index contributed by atoms with van der Waals surface area (Å²) in [5.41, 5.74) is 1.26. The van der Waals surface area contributed by atoms with E-state index in [0.29, 0.717) is 29.1 Å². The highest BCUT2D eigenvalue weighted by Gasteiger charge is 2.26. The van der Waals surface area contributed by atoms with Crippen LogP contribution in [0.1, 0.15) is 43.5 Å². The van der Waals surface area contributed by atoms with Crippen LogP contribution < -0.4 is 10.6 Å². The SMILES string of the molecule is CC1CC(C)CN(C(=O)Nc2cccc(C(=O)NC3CC3)c2)C1. The number of likely N-dealkylation sites (tertiary alicyclic amines) is 1. The normalized spacial score (nSPS) is 24.2. The van der Waals surface area contributed by atoms with E-state index < -0.39 is 0 Å². The fraction of sp³-hybridized carbons (Fsp3) is 0.556. The molecule has 0 bridgehead atoms. The molecule has 1 aromatic rings. The Balaban J connectivity index is 1.62. The van der Waals surface area contributed by atoms with Gasteiger partial charge in [0.2, 0.25) is 0 Å². The topological polar surface area (TPSA) is 61.4 Å². The Hall–Kier alpha value is -2.04. The molecule has 0 spiro atoms. The molecule has 5 nitrogen and oxygen atoms in total. The van der Waals surface area contributed by atoms with Gasteiger partial charge in [0, 0.05) is 30.4 Å². The molecule has 3 amide bonds. The molecular weight excluding hydrogens is 290 g/mol. The number of amides is 3. The van der Waals surface area contributed by atoms with Gasteiger partial charge < -0.3 is 15.5 Å². The van der Waals surface area contributed by atoms with E-state index in [1.807, 2.05) is 11.0 Å². The lowest BCUT2D eigenvalue weighted by Gasteiger charge is -2.34. The number of benzene rings is 1. The first kappa shape index (κ1) is 15.8. The van der Waals surface area contributed by atoms with Gasteiger partial charge in [0.05, 0.1) is 0 Å². The number of piperidine rings is 1. The molecule has 0 radical (unpaired) electrons. The molecule has 0 aromatic heterocycles. The van der Waals surface area contributed by atoms with Crippen LogP contribution in [0.4, 0.5) is 10.5 Å². The molecule has 2 unspecified atom stereocenters. The summed E-state index contributed by atoms with van der Waals surface area (Å²) in [6, 6.07) is 7.40. The average molecular weight is 315 g/mol. The van der Waals surface area contributed by atoms with Crippen LogP contribution in [0.5, 0.6) is 0 Å². The van der Waals surface area contributed by atoms with Gasteiger partial charge in [-0.1, -0.05) is 19.9 Å². The molecule has 1 heterocycles. The van der Waals surface area contributed by atoms with E-state index in [9.17, 15) is 9.59 Å². The third-order valence-corrected chi connectivity index (χ3v) is 4.44. The minimum absolute atomic E-state index is 0.0659. The fourth-order valence-corrected chi connectivity index (χ4v) is 3.27. The van der Waals surface area contributed by atoms with E-state index >= 15 is 0 Å². The zero-order chi connectivity index (χ0) is 16.4. The van der Waals surface area contributed by atoms with Gasteiger partial charge >= 0.3 is 6.03 Å². The summed E-state index contributed by atoms with van der Waals surface area (Å²) in [5, 5.41) is 5.89. The van der Waals surface area contributed by atoms with Gasteiger partial charge in [-0.2, -0.15) is 0 Å². The maximum atomic E-state index is 12.4. The first-order chi connectivity index (χ1) is 11.0. The van der Waals surface area contributed by atoms with Crippen molar-refractivity contribution in [1.29, 1.82) is 0 Å². The lowest BCUT2D eigenvalue weighted by atomic mass is 9.92. The molecule has 2 N–H and O–H groups in total. The van der Waals surface area contributed by atoms with Crippen molar-refractivity contribution in [1.82, 2.24) is 10.2 Å². The Labute approximate surface area is 137 Å². The molecule has 2 atom stereocenters. The molecule has 124 valence electrons. The van der Waals surface area contributed by atoms with Crippen molar-refractivity contribution in [2.75, 3.05) is 18.4 Å². The van der Waals surface area contributed by atoms with Gasteiger partial charge in [0.15, 0.2) is 0 Å². The van der Waals surface area contributed by atoms with Crippen molar-refractivity contribution in [3.63, 3.8) is 0 Å². The molecule has 5 heteroatoms. The Morgan fingerprint density at radius 3 is 2.48 bits per heavy atom. The molecule has 2 fully saturated rings. The minimum Gasteiger partial charge on any atom is -0.349 e. The number of hydrogen-bond acceptors (Lipinski definition) is 2. The number of rotatable bonds is 3. The molecule has 2 aliphatic rings. The molecule has 23 heavy (non-hydrogen) atoms. The Morgan fingerprint density at radius 2 is 1.83 bits per heavy atom. The monoisotopic (exact) mass is 315 g/mol. The van der Waals surface area contributed by atoms with Crippen LogP contribution in [0.15, 0.2) is 24.3 Å². The fourth-order valence-electron chi connectivity index (χ4n) is 3.27. The highest BCUT2D eigenvalue weighted by molar-refractivity contribution is 5.97. The molecule has 1 saturated heterocycles. The Morgan fingerprint density at radius 1 is 1.13 bits per heavy atom. The van der Waals surface area contributed by atoms with Gasteiger partial charge in [-0.05, 0) is 49.3 Å². The number of carbonyl (C=O) groups excluding carboxylic acids is 2. The molecule has 1 aromatic carbocycles. The lowest BCUT2D eigenvalue weighted by molar-refractivity contribution is 0.0951. The van der Waals surface area contributed by atoms with Crippen molar-refractivity contribution in [3.05, 3.63) is 29.8 Å². The third kappa shape index (κ3) is 4.24. The first-order valence-electron chi connectivity index (χ1n) is 8.48. The van der Waals surface area contributed by atoms with Crippen LogP contribution in [0, 0.1) is 11.8 Å². The second-order valence-corrected chi connectivity index (χ2v) is 7.11. The average Bonchev–Trinajstić information content (AvgIpc) is 3.30. The molecule has 3 rings (SSSR count). The second-order valence-electron chi connectivity index (χ2n) is 7.11. The van der Waals surface area contributed by atoms with Crippen molar-refractivity contribution < 1.29 is 9.59 Å². The number of hydrogen-bond donors (Lipinski definition) is 2. The Kier molecular flexibility index (Phi) is 4.55. The summed E-state index contributed by atoms with van der Waals surface area (Å²) in [5.74, 6) is 0.990. The van der Waals surface area contributed by atoms with Gasteiger partial charge in [-0.25, -0.2) is 4.79 Å². The Bertz CT molecular complexity index is 588. The van der Waals surface area contributed by atoms with Crippen molar-refractivity contribution in [2.24, 2.45) is 11.8 Å². The summed E-state index contributed by atoms with van der Waals surface area (Å²) in [7, 11) is 0. The molecular formula is C18H25N3O2. The zero-order valence-electron chi connectivity index (χ0n) is 13.8. The lowest BCUT2D eigenvalue weighted by Crippen LogP contribution is -2.44. The van der Waals surface area contributed by atoms with Crippen LogP contribution >= 0.6 is 0 Å². The van der Waals surface area contributed by atoms with Crippen LogP contribution in [0.25, 0.3) is 0 Å². The summed E-state index contributed by atoms with van der Waals surface area (Å²) < 4.78 is 0. The van der Waals surface area contributed by atoms with Crippen LogP contribution in [-0.4, -0.2) is 36.0 Å². The molecule has 1 saturated carbocycles. The van der Waals surface area contributed by atoms with Crippen LogP contribution in [-0.2, 0) is 0 Å². The van der Waals surface area contributed by atoms with E-state index in [-0.39, 0.29) is 11.9 Å². The quantitative estimate of drug-likeness (QED) is 0.900. The summed E-state index contributed by atoms with van der Waals surface area (Å²) in [6.07, 6.45) is 3.29. The van der Waals surface area contributed by atoms with Crippen LogP contribution in [0.3, 0.4) is 0 Å². The van der Waals surface area contributed by atoms with E-state index in [4.69, 9.17) is 0 Å². The smallest absolute Gasteiger partial charge is 0.321 e. The number of anilines is 1. The van der Waals surface area contributed by atoms with E-state index in [0.717, 1.165) is 25.9 Å². The van der Waals surface area contributed by atoms with Gasteiger partial charge in [-0.3, -0.25) is 4.79 Å². The summed E-state index contributed by atoms with van der Waals surface area (Å²) in [6.45, 7) is 5.94. The molecule has 1 aliphatic heterocycles. The van der Waals surface area contributed by atoms with E-state index in [1.165, 1.54) is 6.42 Å². The standard InChI is InChI=1S/C18H25N3O2/c1-12-8-13(2)11-21(10-12)18(23)20-16-5-3-4-14(9-16)17(22)19-15-6-7-15/h3-5,9,12-13,15H,6-8,10-11H2,1-2H3,(H,19,22)(H,20,23). The largest absolute Gasteiger partial charge is 0.349 e. The van der Waals surface area contributed by atoms with Crippen molar-refractivity contribution in [3.8, 4) is 0 Å². The van der Waals surface area contributed by atoms with Crippen molar-refractivity contribution >= 4 is 17.6 Å². The molecule has 1 aliphatic carbocycles. The number of nitrogens with one attached hydrogen (secondary N) is 2. The highest BCUT2D eigenvalue weighted by Crippen LogP contribution is 2.22. The van der Waals surface area contributed by atoms with Gasteiger partial charge in [0.25, 0.3) is 5.91 Å². The third-order valence-electron chi connectivity index (χ3n) is 4.44. The van der Waals surface area contributed by atoms with Crippen LogP contribution in [0.2, 0.25) is 0 Å². The zero-order valence-corrected chi connectivity index (χ0v) is 13.8. The number of carbonyl (C=O) groups is 2. The maximum Gasteiger partial charge on any atom is 0.321 e.